The maximum Gasteiger partial charge on any atom is 0.266 e. The minimum Gasteiger partial charge on any atom is -0.326 e. The molecule has 0 radical (unpaired) electrons. The summed E-state index contributed by atoms with van der Waals surface area (Å²) in [6.45, 7) is 5.27. The molecule has 0 aliphatic rings. The molecule has 3 rings (SSSR count). The quantitative estimate of drug-likeness (QED) is 0.465. The number of carbonyl (C=O) groups is 2. The molecule has 0 aliphatic carbocycles. The molecule has 2 amide bonds. The van der Waals surface area contributed by atoms with Crippen molar-refractivity contribution in [1.82, 2.24) is 4.57 Å². The van der Waals surface area contributed by atoms with Gasteiger partial charge in [-0.25, -0.2) is 4.39 Å². The van der Waals surface area contributed by atoms with Crippen molar-refractivity contribution in [2.24, 2.45) is 0 Å². The molecule has 0 unspecified atom stereocenters. The Kier molecular flexibility index (Phi) is 6.32. The normalized spacial score (nSPS) is 11.0. The first kappa shape index (κ1) is 21.5. The van der Waals surface area contributed by atoms with Gasteiger partial charge in [-0.3, -0.25) is 9.59 Å². The number of aryl methyl sites for hydroxylation is 1. The molecule has 0 fully saturated rings. The van der Waals surface area contributed by atoms with Crippen LogP contribution in [0.5, 0.6) is 0 Å². The Morgan fingerprint density at radius 3 is 2.16 bits per heavy atom. The summed E-state index contributed by atoms with van der Waals surface area (Å²) in [4.78, 5) is 23.7. The van der Waals surface area contributed by atoms with E-state index in [0.717, 1.165) is 22.6 Å². The zero-order chi connectivity index (χ0) is 22.5. The lowest BCUT2D eigenvalue weighted by Crippen LogP contribution is -2.13. The highest BCUT2D eigenvalue weighted by Crippen LogP contribution is 2.24. The number of nitrogens with one attached hydrogen (secondary N) is 2. The molecule has 0 atom stereocenters. The van der Waals surface area contributed by atoms with Crippen LogP contribution in [0.1, 0.15) is 23.9 Å². The summed E-state index contributed by atoms with van der Waals surface area (Å²) >= 11 is 0. The first-order chi connectivity index (χ1) is 14.8. The summed E-state index contributed by atoms with van der Waals surface area (Å²) in [5.41, 5.74) is 4.43. The molecule has 0 saturated heterocycles. The van der Waals surface area contributed by atoms with Crippen molar-refractivity contribution in [2.45, 2.75) is 20.8 Å². The summed E-state index contributed by atoms with van der Waals surface area (Å²) < 4.78 is 15.0. The van der Waals surface area contributed by atoms with E-state index < -0.39 is 11.7 Å². The van der Waals surface area contributed by atoms with Crippen LogP contribution in [-0.4, -0.2) is 16.4 Å². The highest BCUT2D eigenvalue weighted by atomic mass is 19.1. The highest BCUT2D eigenvalue weighted by Gasteiger charge is 2.14. The predicted molar refractivity (Wildman–Crippen MR) is 118 cm³/mol. The molecule has 1 heterocycles. The van der Waals surface area contributed by atoms with Crippen molar-refractivity contribution in [3.05, 3.63) is 82.9 Å². The molecule has 0 spiro atoms. The minimum atomic E-state index is -0.571. The second kappa shape index (κ2) is 9.09. The zero-order valence-electron chi connectivity index (χ0n) is 17.4. The van der Waals surface area contributed by atoms with Gasteiger partial charge in [0, 0.05) is 35.4 Å². The van der Waals surface area contributed by atoms with Crippen LogP contribution in [-0.2, 0) is 9.59 Å². The first-order valence-electron chi connectivity index (χ1n) is 9.54. The molecule has 156 valence electrons. The van der Waals surface area contributed by atoms with Gasteiger partial charge in [-0.15, -0.1) is 0 Å². The summed E-state index contributed by atoms with van der Waals surface area (Å²) in [7, 11) is 0. The van der Waals surface area contributed by atoms with E-state index in [-0.39, 0.29) is 11.5 Å². The van der Waals surface area contributed by atoms with E-state index in [0.29, 0.717) is 11.4 Å². The van der Waals surface area contributed by atoms with Crippen LogP contribution in [0.3, 0.4) is 0 Å². The highest BCUT2D eigenvalue weighted by molar-refractivity contribution is 6.09. The Morgan fingerprint density at radius 2 is 1.58 bits per heavy atom. The van der Waals surface area contributed by atoms with Gasteiger partial charge in [-0.2, -0.15) is 5.26 Å². The number of nitrogens with zero attached hydrogens (tertiary/aromatic N) is 2. The third-order valence-electron chi connectivity index (χ3n) is 4.68. The number of hydrogen-bond acceptors (Lipinski definition) is 3. The Bertz CT molecular complexity index is 1200. The van der Waals surface area contributed by atoms with E-state index in [2.05, 4.69) is 10.6 Å². The van der Waals surface area contributed by atoms with Gasteiger partial charge >= 0.3 is 0 Å². The van der Waals surface area contributed by atoms with Crippen LogP contribution in [0.4, 0.5) is 15.8 Å². The molecule has 6 nitrogen and oxygen atoms in total. The maximum absolute atomic E-state index is 13.0. The van der Waals surface area contributed by atoms with Gasteiger partial charge in [-0.1, -0.05) is 0 Å². The number of rotatable bonds is 5. The van der Waals surface area contributed by atoms with Crippen molar-refractivity contribution >= 4 is 29.3 Å². The second-order valence-electron chi connectivity index (χ2n) is 7.02. The second-order valence-corrected chi connectivity index (χ2v) is 7.02. The van der Waals surface area contributed by atoms with Crippen LogP contribution in [0, 0.1) is 31.0 Å². The number of amides is 2. The summed E-state index contributed by atoms with van der Waals surface area (Å²) in [5.74, 6) is -1.12. The number of anilines is 2. The Morgan fingerprint density at radius 1 is 1.00 bits per heavy atom. The minimum absolute atomic E-state index is 0.0643. The SMILES string of the molecule is CC(=O)Nc1ccc(-n2c(C)cc(C=C(C#N)C(=O)Nc3ccc(F)cc3)c2C)cc1. The van der Waals surface area contributed by atoms with Crippen LogP contribution in [0.15, 0.2) is 60.2 Å². The zero-order valence-corrected chi connectivity index (χ0v) is 17.4. The van der Waals surface area contributed by atoms with Gasteiger partial charge in [0.1, 0.15) is 17.5 Å². The van der Waals surface area contributed by atoms with Gasteiger partial charge in [0.15, 0.2) is 0 Å². The lowest BCUT2D eigenvalue weighted by molar-refractivity contribution is -0.114. The van der Waals surface area contributed by atoms with Gasteiger partial charge < -0.3 is 15.2 Å². The van der Waals surface area contributed by atoms with Crippen LogP contribution < -0.4 is 10.6 Å². The monoisotopic (exact) mass is 416 g/mol. The molecular weight excluding hydrogens is 395 g/mol. The molecule has 2 N–H and O–H groups in total. The third kappa shape index (κ3) is 5.06. The summed E-state index contributed by atoms with van der Waals surface area (Å²) in [5, 5.41) is 14.8. The molecule has 0 saturated carbocycles. The van der Waals surface area contributed by atoms with E-state index in [1.165, 1.54) is 37.3 Å². The maximum atomic E-state index is 13.0. The van der Waals surface area contributed by atoms with Crippen molar-refractivity contribution in [1.29, 1.82) is 5.26 Å². The van der Waals surface area contributed by atoms with E-state index in [1.54, 1.807) is 0 Å². The number of aromatic nitrogens is 1. The smallest absolute Gasteiger partial charge is 0.266 e. The van der Waals surface area contributed by atoms with Gasteiger partial charge in [0.2, 0.25) is 5.91 Å². The van der Waals surface area contributed by atoms with Crippen molar-refractivity contribution in [2.75, 3.05) is 10.6 Å². The molecule has 0 bridgehead atoms. The molecule has 2 aromatic carbocycles. The fourth-order valence-corrected chi connectivity index (χ4v) is 3.26. The summed E-state index contributed by atoms with van der Waals surface area (Å²) in [6.07, 6.45) is 1.53. The molecule has 0 aliphatic heterocycles. The van der Waals surface area contributed by atoms with Gasteiger partial charge in [-0.05, 0) is 80.1 Å². The summed E-state index contributed by atoms with van der Waals surface area (Å²) in [6, 6.07) is 16.5. The molecule has 1 aromatic heterocycles. The van der Waals surface area contributed by atoms with Gasteiger partial charge in [0.25, 0.3) is 5.91 Å². The Hall–Kier alpha value is -4.18. The lowest BCUT2D eigenvalue weighted by Gasteiger charge is -2.11. The van der Waals surface area contributed by atoms with E-state index >= 15 is 0 Å². The lowest BCUT2D eigenvalue weighted by atomic mass is 10.1. The largest absolute Gasteiger partial charge is 0.326 e. The van der Waals surface area contributed by atoms with E-state index in [1.807, 2.05) is 54.8 Å². The number of benzene rings is 2. The predicted octanol–water partition coefficient (Wildman–Crippen LogP) is 4.74. The topological polar surface area (TPSA) is 86.9 Å². The average Bonchev–Trinajstić information content (AvgIpc) is 3.01. The molecular formula is C24H21FN4O2. The van der Waals surface area contributed by atoms with E-state index in [9.17, 15) is 19.2 Å². The number of halogens is 1. The molecule has 3 aromatic rings. The van der Waals surface area contributed by atoms with Crippen molar-refractivity contribution in [3.63, 3.8) is 0 Å². The van der Waals surface area contributed by atoms with Crippen molar-refractivity contribution in [3.8, 4) is 11.8 Å². The van der Waals surface area contributed by atoms with Crippen LogP contribution in [0.25, 0.3) is 11.8 Å². The number of hydrogen-bond donors (Lipinski definition) is 2. The molecule has 7 heteroatoms. The standard InChI is InChI=1S/C24H21FN4O2/c1-15-12-18(13-19(14-26)24(31)28-22-6-4-20(25)5-7-22)16(2)29(15)23-10-8-21(9-11-23)27-17(3)30/h4-13H,1-3H3,(H,27,30)(H,28,31). The van der Waals surface area contributed by atoms with Crippen molar-refractivity contribution < 1.29 is 14.0 Å². The van der Waals surface area contributed by atoms with Gasteiger partial charge in [0.05, 0.1) is 0 Å². The Labute approximate surface area is 179 Å². The number of carbonyl (C=O) groups excluding carboxylic acids is 2. The van der Waals surface area contributed by atoms with E-state index in [4.69, 9.17) is 0 Å². The first-order valence-corrected chi connectivity index (χ1v) is 9.54. The molecule has 31 heavy (non-hydrogen) atoms. The number of nitriles is 1. The fraction of sp³-hybridized carbons (Fsp3) is 0.125. The van der Waals surface area contributed by atoms with Crippen LogP contribution >= 0.6 is 0 Å². The Balaban J connectivity index is 1.88. The fourth-order valence-electron chi connectivity index (χ4n) is 3.26. The third-order valence-corrected chi connectivity index (χ3v) is 4.68. The van der Waals surface area contributed by atoms with Crippen LogP contribution in [0.2, 0.25) is 0 Å². The average molecular weight is 416 g/mol.